The molecule has 1 heterocycles. The summed E-state index contributed by atoms with van der Waals surface area (Å²) in [6.45, 7) is 2.20. The van der Waals surface area contributed by atoms with Crippen LogP contribution in [0.15, 0.2) is 42.5 Å². The predicted octanol–water partition coefficient (Wildman–Crippen LogP) is 2.99. The zero-order chi connectivity index (χ0) is 18.5. The lowest BCUT2D eigenvalue weighted by Crippen LogP contribution is -2.49. The number of hydrogen-bond donors (Lipinski definition) is 1. The van der Waals surface area contributed by atoms with E-state index in [4.69, 9.17) is 10.1 Å². The molecule has 1 aliphatic heterocycles. The Labute approximate surface area is 152 Å². The van der Waals surface area contributed by atoms with Crippen LogP contribution in [-0.4, -0.2) is 50.3 Å². The van der Waals surface area contributed by atoms with E-state index in [1.807, 2.05) is 11.0 Å². The highest BCUT2D eigenvalue weighted by molar-refractivity contribution is 5.94. The Bertz CT molecular complexity index is 801. The van der Waals surface area contributed by atoms with Crippen molar-refractivity contribution in [3.63, 3.8) is 0 Å². The van der Waals surface area contributed by atoms with Gasteiger partial charge < -0.3 is 19.9 Å². The van der Waals surface area contributed by atoms with Crippen molar-refractivity contribution in [2.45, 2.75) is 6.42 Å². The predicted molar refractivity (Wildman–Crippen MR) is 100.0 cm³/mol. The summed E-state index contributed by atoms with van der Waals surface area (Å²) in [4.78, 5) is 16.4. The number of anilines is 1. The number of carbonyl (C=O) groups is 1. The molecule has 1 fully saturated rings. The summed E-state index contributed by atoms with van der Waals surface area (Å²) in [7, 11) is 1.57. The smallest absolute Gasteiger partial charge is 0.254 e. The van der Waals surface area contributed by atoms with Gasteiger partial charge in [0.15, 0.2) is 0 Å². The number of amides is 1. The van der Waals surface area contributed by atoms with E-state index < -0.39 is 0 Å². The van der Waals surface area contributed by atoms with E-state index in [0.29, 0.717) is 48.7 Å². The van der Waals surface area contributed by atoms with Crippen LogP contribution < -0.4 is 9.64 Å². The summed E-state index contributed by atoms with van der Waals surface area (Å²) in [6.07, 6.45) is 1.49. The number of benzene rings is 2. The molecule has 0 spiro atoms. The number of nitrogens with zero attached hydrogens (tertiary/aromatic N) is 2. The maximum absolute atomic E-state index is 14.6. The molecule has 1 N–H and O–H groups in total. The Morgan fingerprint density at radius 3 is 2.62 bits per heavy atom. The van der Waals surface area contributed by atoms with Crippen LogP contribution >= 0.6 is 0 Å². The zero-order valence-electron chi connectivity index (χ0n) is 14.7. The molecule has 1 aliphatic rings. The molecule has 1 saturated heterocycles. The second-order valence-corrected chi connectivity index (χ2v) is 6.17. The highest BCUT2D eigenvalue weighted by Crippen LogP contribution is 2.24. The molecule has 0 aliphatic carbocycles. The molecule has 1 amide bonds. The Hall–Kier alpha value is -2.89. The van der Waals surface area contributed by atoms with Crippen LogP contribution in [0, 0.1) is 11.2 Å². The van der Waals surface area contributed by atoms with Crippen molar-refractivity contribution in [1.82, 2.24) is 4.90 Å². The van der Waals surface area contributed by atoms with E-state index in [-0.39, 0.29) is 18.1 Å². The third-order valence-corrected chi connectivity index (χ3v) is 4.60. The van der Waals surface area contributed by atoms with E-state index in [1.165, 1.54) is 6.21 Å². The molecule has 6 heteroatoms. The van der Waals surface area contributed by atoms with Crippen molar-refractivity contribution >= 4 is 17.8 Å². The average molecular weight is 355 g/mol. The van der Waals surface area contributed by atoms with E-state index in [1.54, 1.807) is 48.4 Å². The first kappa shape index (κ1) is 17.9. The van der Waals surface area contributed by atoms with Crippen LogP contribution in [0.1, 0.15) is 15.9 Å². The van der Waals surface area contributed by atoms with Gasteiger partial charge in [-0.25, -0.2) is 4.39 Å². The van der Waals surface area contributed by atoms with Gasteiger partial charge in [-0.2, -0.15) is 0 Å². The third kappa shape index (κ3) is 3.69. The summed E-state index contributed by atoms with van der Waals surface area (Å²) in [5.74, 6) is 0.338. The number of piperazine rings is 1. The lowest BCUT2D eigenvalue weighted by atomic mass is 10.1. The van der Waals surface area contributed by atoms with Gasteiger partial charge in [-0.3, -0.25) is 4.79 Å². The Balaban J connectivity index is 1.68. The van der Waals surface area contributed by atoms with Crippen LogP contribution in [-0.2, 0) is 6.42 Å². The molecule has 2 aromatic carbocycles. The Morgan fingerprint density at radius 1 is 1.19 bits per heavy atom. The van der Waals surface area contributed by atoms with Gasteiger partial charge in [0.25, 0.3) is 5.91 Å². The van der Waals surface area contributed by atoms with E-state index in [0.717, 1.165) is 0 Å². The van der Waals surface area contributed by atoms with Crippen LogP contribution in [0.3, 0.4) is 0 Å². The molecule has 5 nitrogen and oxygen atoms in total. The number of hydrogen-bond acceptors (Lipinski definition) is 4. The molecule has 0 aromatic heterocycles. The number of nitrogens with one attached hydrogen (secondary N) is 1. The van der Waals surface area contributed by atoms with Gasteiger partial charge in [0.2, 0.25) is 0 Å². The topological polar surface area (TPSA) is 56.6 Å². The summed E-state index contributed by atoms with van der Waals surface area (Å²) < 4.78 is 19.8. The highest BCUT2D eigenvalue weighted by atomic mass is 19.1. The van der Waals surface area contributed by atoms with E-state index >= 15 is 0 Å². The van der Waals surface area contributed by atoms with Crippen LogP contribution in [0.25, 0.3) is 0 Å². The number of methoxy groups -OCH3 is 1. The van der Waals surface area contributed by atoms with Crippen LogP contribution in [0.5, 0.6) is 5.75 Å². The monoisotopic (exact) mass is 355 g/mol. The molecule has 136 valence electrons. The highest BCUT2D eigenvalue weighted by Gasteiger charge is 2.24. The molecule has 26 heavy (non-hydrogen) atoms. The van der Waals surface area contributed by atoms with Gasteiger partial charge in [-0.05, 0) is 36.0 Å². The Kier molecular flexibility index (Phi) is 5.51. The van der Waals surface area contributed by atoms with Crippen molar-refractivity contribution in [2.75, 3.05) is 38.2 Å². The third-order valence-electron chi connectivity index (χ3n) is 4.60. The summed E-state index contributed by atoms with van der Waals surface area (Å²) >= 11 is 0. The van der Waals surface area contributed by atoms with Gasteiger partial charge in [0.05, 0.1) is 12.8 Å². The molecule has 3 rings (SSSR count). The summed E-state index contributed by atoms with van der Waals surface area (Å²) in [5, 5.41) is 7.18. The maximum Gasteiger partial charge on any atom is 0.254 e. The van der Waals surface area contributed by atoms with Gasteiger partial charge in [-0.1, -0.05) is 18.2 Å². The molecule has 0 saturated carbocycles. The van der Waals surface area contributed by atoms with Crippen LogP contribution in [0.4, 0.5) is 10.1 Å². The Morgan fingerprint density at radius 2 is 1.92 bits per heavy atom. The number of rotatable bonds is 5. The SMILES string of the molecule is COc1cccc(C(=O)N2CCN(c3cccc(CC=N)c3F)CC2)c1. The second kappa shape index (κ2) is 7.99. The lowest BCUT2D eigenvalue weighted by molar-refractivity contribution is 0.0746. The van der Waals surface area contributed by atoms with Gasteiger partial charge in [0.1, 0.15) is 11.6 Å². The zero-order valence-corrected chi connectivity index (χ0v) is 14.7. The lowest BCUT2D eigenvalue weighted by Gasteiger charge is -2.36. The van der Waals surface area contributed by atoms with Gasteiger partial charge in [0, 0.05) is 38.2 Å². The average Bonchev–Trinajstić information content (AvgIpc) is 2.69. The number of ether oxygens (including phenoxy) is 1. The van der Waals surface area contributed by atoms with E-state index in [9.17, 15) is 9.18 Å². The largest absolute Gasteiger partial charge is 0.497 e. The van der Waals surface area contributed by atoms with Crippen LogP contribution in [0.2, 0.25) is 0 Å². The quantitative estimate of drug-likeness (QED) is 0.839. The maximum atomic E-state index is 14.6. The van der Waals surface area contributed by atoms with Crippen molar-refractivity contribution in [3.8, 4) is 5.75 Å². The molecule has 2 aromatic rings. The fraction of sp³-hybridized carbons (Fsp3) is 0.300. The van der Waals surface area contributed by atoms with Crippen molar-refractivity contribution < 1.29 is 13.9 Å². The van der Waals surface area contributed by atoms with Crippen molar-refractivity contribution in [3.05, 3.63) is 59.4 Å². The summed E-state index contributed by atoms with van der Waals surface area (Å²) in [5.41, 5.74) is 1.65. The van der Waals surface area contributed by atoms with Crippen molar-refractivity contribution in [1.29, 1.82) is 5.41 Å². The first-order chi connectivity index (χ1) is 12.6. The fourth-order valence-corrected chi connectivity index (χ4v) is 3.17. The number of halogens is 1. The minimum atomic E-state index is -0.274. The molecule has 0 atom stereocenters. The van der Waals surface area contributed by atoms with Crippen molar-refractivity contribution in [2.24, 2.45) is 0 Å². The molecular weight excluding hydrogens is 333 g/mol. The molecular formula is C20H22FN3O2. The normalized spacial score (nSPS) is 14.2. The fourth-order valence-electron chi connectivity index (χ4n) is 3.17. The minimum absolute atomic E-state index is 0.0402. The first-order valence-corrected chi connectivity index (χ1v) is 8.58. The number of carbonyl (C=O) groups excluding carboxylic acids is 1. The molecule has 0 bridgehead atoms. The van der Waals surface area contributed by atoms with Gasteiger partial charge in [-0.15, -0.1) is 0 Å². The van der Waals surface area contributed by atoms with E-state index in [2.05, 4.69) is 0 Å². The molecule has 0 radical (unpaired) electrons. The first-order valence-electron chi connectivity index (χ1n) is 8.58. The minimum Gasteiger partial charge on any atom is -0.497 e. The van der Waals surface area contributed by atoms with Gasteiger partial charge >= 0.3 is 0 Å². The standard InChI is InChI=1S/C20H22FN3O2/c1-26-17-6-2-5-16(14-17)20(25)24-12-10-23(11-13-24)18-7-3-4-15(8-9-22)19(18)21/h2-7,9,14,22H,8,10-13H2,1H3. The second-order valence-electron chi connectivity index (χ2n) is 6.17. The summed E-state index contributed by atoms with van der Waals surface area (Å²) in [6, 6.07) is 12.4. The molecule has 0 unspecified atom stereocenters.